The van der Waals surface area contributed by atoms with E-state index in [9.17, 15) is 0 Å². The number of thiophene rings is 1. The van der Waals surface area contributed by atoms with Crippen molar-refractivity contribution < 1.29 is 4.74 Å². The van der Waals surface area contributed by atoms with Crippen molar-refractivity contribution in [2.45, 2.75) is 13.3 Å². The Morgan fingerprint density at radius 2 is 2.09 bits per heavy atom. The number of nitrogens with one attached hydrogen (secondary N) is 1. The van der Waals surface area contributed by atoms with Gasteiger partial charge in [-0.3, -0.25) is 4.99 Å². The van der Waals surface area contributed by atoms with Crippen LogP contribution < -0.4 is 15.8 Å². The summed E-state index contributed by atoms with van der Waals surface area (Å²) >= 11 is 1.74. The van der Waals surface area contributed by atoms with Gasteiger partial charge in [0.1, 0.15) is 12.4 Å². The normalized spacial score (nSPS) is 10.9. The third kappa shape index (κ3) is 6.65. The molecular weight excluding hydrogens is 409 g/mol. The van der Waals surface area contributed by atoms with Crippen molar-refractivity contribution >= 4 is 41.3 Å². The molecule has 0 unspecified atom stereocenters. The fraction of sp³-hybridized carbons (Fsp3) is 0.312. The van der Waals surface area contributed by atoms with Gasteiger partial charge in [0.15, 0.2) is 5.96 Å². The van der Waals surface area contributed by atoms with Crippen molar-refractivity contribution in [3.8, 4) is 5.75 Å². The third-order valence-corrected chi connectivity index (χ3v) is 3.92. The highest BCUT2D eigenvalue weighted by Crippen LogP contribution is 2.15. The number of hydrogen-bond acceptors (Lipinski definition) is 3. The zero-order chi connectivity index (χ0) is 14.9. The van der Waals surface area contributed by atoms with Crippen LogP contribution in [0, 0.1) is 6.92 Å². The van der Waals surface area contributed by atoms with Crippen LogP contribution in [-0.2, 0) is 6.42 Å². The van der Waals surface area contributed by atoms with Crippen LogP contribution in [0.15, 0.2) is 46.8 Å². The number of halogens is 1. The van der Waals surface area contributed by atoms with E-state index in [1.807, 2.05) is 37.3 Å². The van der Waals surface area contributed by atoms with E-state index in [-0.39, 0.29) is 24.0 Å². The van der Waals surface area contributed by atoms with Gasteiger partial charge in [-0.1, -0.05) is 24.3 Å². The minimum absolute atomic E-state index is 0. The van der Waals surface area contributed by atoms with Crippen LogP contribution >= 0.6 is 35.3 Å². The lowest BCUT2D eigenvalue weighted by molar-refractivity contribution is 0.320. The van der Waals surface area contributed by atoms with Crippen LogP contribution in [0.25, 0.3) is 0 Å². The predicted octanol–water partition coefficient (Wildman–Crippen LogP) is 3.20. The molecule has 0 radical (unpaired) electrons. The molecule has 0 saturated heterocycles. The average Bonchev–Trinajstić information content (AvgIpc) is 2.98. The van der Waals surface area contributed by atoms with Gasteiger partial charge in [-0.15, -0.1) is 35.3 Å². The second-order valence-corrected chi connectivity index (χ2v) is 5.67. The number of aryl methyl sites for hydroxylation is 1. The van der Waals surface area contributed by atoms with Crippen LogP contribution in [0.3, 0.4) is 0 Å². The first-order valence-electron chi connectivity index (χ1n) is 7.00. The van der Waals surface area contributed by atoms with Crippen molar-refractivity contribution in [2.24, 2.45) is 10.7 Å². The van der Waals surface area contributed by atoms with Gasteiger partial charge < -0.3 is 15.8 Å². The van der Waals surface area contributed by atoms with Crippen LogP contribution in [0.4, 0.5) is 0 Å². The van der Waals surface area contributed by atoms with E-state index in [1.165, 1.54) is 4.88 Å². The van der Waals surface area contributed by atoms with E-state index in [4.69, 9.17) is 10.5 Å². The smallest absolute Gasteiger partial charge is 0.188 e. The maximum Gasteiger partial charge on any atom is 0.188 e. The molecule has 0 atom stereocenters. The lowest BCUT2D eigenvalue weighted by Gasteiger charge is -2.09. The van der Waals surface area contributed by atoms with Crippen molar-refractivity contribution in [1.82, 2.24) is 5.32 Å². The Labute approximate surface area is 152 Å². The van der Waals surface area contributed by atoms with Gasteiger partial charge in [0.25, 0.3) is 0 Å². The topological polar surface area (TPSA) is 59.6 Å². The summed E-state index contributed by atoms with van der Waals surface area (Å²) in [6.45, 7) is 3.94. The summed E-state index contributed by atoms with van der Waals surface area (Å²) in [5.74, 6) is 1.38. The molecule has 1 aromatic heterocycles. The number of nitrogens with zero attached hydrogens (tertiary/aromatic N) is 1. The highest BCUT2D eigenvalue weighted by atomic mass is 127. The Morgan fingerprint density at radius 1 is 1.27 bits per heavy atom. The van der Waals surface area contributed by atoms with Gasteiger partial charge in [0, 0.05) is 17.8 Å². The second-order valence-electron chi connectivity index (χ2n) is 4.64. The fourth-order valence-electron chi connectivity index (χ4n) is 1.86. The van der Waals surface area contributed by atoms with Gasteiger partial charge >= 0.3 is 0 Å². The molecule has 4 nitrogen and oxygen atoms in total. The summed E-state index contributed by atoms with van der Waals surface area (Å²) in [6, 6.07) is 12.1. The molecule has 22 heavy (non-hydrogen) atoms. The zero-order valence-corrected chi connectivity index (χ0v) is 15.8. The molecule has 120 valence electrons. The first-order valence-corrected chi connectivity index (χ1v) is 7.88. The molecule has 0 saturated carbocycles. The van der Waals surface area contributed by atoms with Crippen molar-refractivity contribution in [2.75, 3.05) is 19.7 Å². The molecule has 0 fully saturated rings. The van der Waals surface area contributed by atoms with Gasteiger partial charge in [-0.05, 0) is 30.0 Å². The van der Waals surface area contributed by atoms with Crippen molar-refractivity contribution in [1.29, 1.82) is 0 Å². The van der Waals surface area contributed by atoms with Gasteiger partial charge in [0.2, 0.25) is 0 Å². The number of ether oxygens (including phenoxy) is 1. The highest BCUT2D eigenvalue weighted by molar-refractivity contribution is 14.0. The number of hydrogen-bond donors (Lipinski definition) is 2. The van der Waals surface area contributed by atoms with Crippen LogP contribution in [0.5, 0.6) is 5.75 Å². The van der Waals surface area contributed by atoms with E-state index >= 15 is 0 Å². The molecule has 0 amide bonds. The maximum atomic E-state index is 5.81. The lowest BCUT2D eigenvalue weighted by atomic mass is 10.2. The van der Waals surface area contributed by atoms with E-state index in [0.717, 1.165) is 17.7 Å². The minimum Gasteiger partial charge on any atom is -0.491 e. The first kappa shape index (κ1) is 18.8. The number of rotatable bonds is 7. The monoisotopic (exact) mass is 431 g/mol. The quantitative estimate of drug-likeness (QED) is 0.307. The molecule has 3 N–H and O–H groups in total. The summed E-state index contributed by atoms with van der Waals surface area (Å²) in [5.41, 5.74) is 6.94. The van der Waals surface area contributed by atoms with Crippen LogP contribution in [-0.4, -0.2) is 25.7 Å². The Balaban J connectivity index is 0.00000242. The van der Waals surface area contributed by atoms with E-state index in [2.05, 4.69) is 21.8 Å². The maximum absolute atomic E-state index is 5.81. The van der Waals surface area contributed by atoms with E-state index in [1.54, 1.807) is 11.3 Å². The Bertz CT molecular complexity index is 573. The molecule has 2 rings (SSSR count). The standard InChI is InChI=1S/C16H21N3OS.HI/c1-13-5-2-3-7-15(13)20-11-10-19-16(17)18-9-8-14-6-4-12-21-14;/h2-7,12H,8-11H2,1H3,(H3,17,18,19);1H. The van der Waals surface area contributed by atoms with Gasteiger partial charge in [-0.2, -0.15) is 0 Å². The van der Waals surface area contributed by atoms with Crippen LogP contribution in [0.1, 0.15) is 10.4 Å². The number of guanidine groups is 1. The molecule has 0 aliphatic carbocycles. The average molecular weight is 431 g/mol. The Morgan fingerprint density at radius 3 is 2.82 bits per heavy atom. The lowest BCUT2D eigenvalue weighted by Crippen LogP contribution is -2.35. The van der Waals surface area contributed by atoms with E-state index in [0.29, 0.717) is 25.7 Å². The van der Waals surface area contributed by atoms with E-state index < -0.39 is 0 Å². The number of aliphatic imine (C=N–C) groups is 1. The summed E-state index contributed by atoms with van der Waals surface area (Å²) in [5, 5.41) is 5.13. The highest BCUT2D eigenvalue weighted by Gasteiger charge is 1.98. The van der Waals surface area contributed by atoms with Crippen molar-refractivity contribution in [3.63, 3.8) is 0 Å². The molecule has 1 aromatic carbocycles. The SMILES string of the molecule is Cc1ccccc1OCCNC(N)=NCCc1cccs1.I. The molecule has 2 aromatic rings. The molecule has 6 heteroatoms. The minimum atomic E-state index is 0. The third-order valence-electron chi connectivity index (χ3n) is 2.98. The molecule has 0 bridgehead atoms. The summed E-state index contributed by atoms with van der Waals surface area (Å²) < 4.78 is 5.68. The number of para-hydroxylation sites is 1. The summed E-state index contributed by atoms with van der Waals surface area (Å²) in [7, 11) is 0. The van der Waals surface area contributed by atoms with Gasteiger partial charge in [-0.25, -0.2) is 0 Å². The first-order chi connectivity index (χ1) is 10.3. The largest absolute Gasteiger partial charge is 0.491 e. The van der Waals surface area contributed by atoms with Crippen molar-refractivity contribution in [3.05, 3.63) is 52.2 Å². The Kier molecular flexibility index (Phi) is 8.91. The van der Waals surface area contributed by atoms with Gasteiger partial charge in [0.05, 0.1) is 6.54 Å². The predicted molar refractivity (Wildman–Crippen MR) is 105 cm³/mol. The fourth-order valence-corrected chi connectivity index (χ4v) is 2.55. The van der Waals surface area contributed by atoms with Crippen LogP contribution in [0.2, 0.25) is 0 Å². The number of benzene rings is 1. The molecular formula is C16H22IN3OS. The summed E-state index contributed by atoms with van der Waals surface area (Å²) in [4.78, 5) is 5.62. The molecule has 0 aliphatic heterocycles. The molecule has 1 heterocycles. The second kappa shape index (κ2) is 10.4. The molecule has 0 spiro atoms. The number of nitrogens with two attached hydrogens (primary N) is 1. The molecule has 0 aliphatic rings. The Hall–Kier alpha value is -1.28. The zero-order valence-electron chi connectivity index (χ0n) is 12.6. The summed E-state index contributed by atoms with van der Waals surface area (Å²) in [6.07, 6.45) is 0.930.